The van der Waals surface area contributed by atoms with Gasteiger partial charge in [0.2, 0.25) is 0 Å². The van der Waals surface area contributed by atoms with Crippen LogP contribution in [0.2, 0.25) is 0 Å². The van der Waals surface area contributed by atoms with Crippen LogP contribution in [0.3, 0.4) is 0 Å². The molecule has 3 N–H and O–H groups in total. The van der Waals surface area contributed by atoms with Gasteiger partial charge in [0.25, 0.3) is 5.91 Å². The maximum Gasteiger partial charge on any atom is 0.252 e. The Hall–Kier alpha value is -2.09. The van der Waals surface area contributed by atoms with Gasteiger partial charge in [-0.2, -0.15) is 11.3 Å². The van der Waals surface area contributed by atoms with E-state index in [1.807, 2.05) is 23.6 Å². The molecule has 2 aromatic rings. The van der Waals surface area contributed by atoms with Gasteiger partial charge in [-0.1, -0.05) is 24.0 Å². The van der Waals surface area contributed by atoms with Crippen LogP contribution in [0, 0.1) is 11.8 Å². The van der Waals surface area contributed by atoms with Crippen molar-refractivity contribution in [2.45, 2.75) is 6.42 Å². The second kappa shape index (κ2) is 7.49. The van der Waals surface area contributed by atoms with E-state index < -0.39 is 0 Å². The van der Waals surface area contributed by atoms with Gasteiger partial charge in [-0.25, -0.2) is 0 Å². The molecule has 0 unspecified atom stereocenters. The average Bonchev–Trinajstić information content (AvgIpc) is 2.98. The zero-order valence-corrected chi connectivity index (χ0v) is 11.9. The second-order valence-electron chi connectivity index (χ2n) is 4.19. The Morgan fingerprint density at radius 1 is 1.30 bits per heavy atom. The lowest BCUT2D eigenvalue weighted by Gasteiger charge is -2.06. The summed E-state index contributed by atoms with van der Waals surface area (Å²) in [6, 6.07) is 9.37. The van der Waals surface area contributed by atoms with Crippen LogP contribution in [0.1, 0.15) is 21.5 Å². The van der Waals surface area contributed by atoms with E-state index in [0.29, 0.717) is 17.7 Å². The molecule has 0 saturated heterocycles. The molecule has 102 valence electrons. The largest absolute Gasteiger partial charge is 0.352 e. The summed E-state index contributed by atoms with van der Waals surface area (Å²) < 4.78 is 0. The van der Waals surface area contributed by atoms with Crippen LogP contribution in [0.5, 0.6) is 0 Å². The molecule has 3 nitrogen and oxygen atoms in total. The molecule has 20 heavy (non-hydrogen) atoms. The van der Waals surface area contributed by atoms with Crippen LogP contribution < -0.4 is 11.1 Å². The number of amides is 1. The first-order valence-corrected chi connectivity index (χ1v) is 7.33. The summed E-state index contributed by atoms with van der Waals surface area (Å²) in [4.78, 5) is 12.1. The highest BCUT2D eigenvalue weighted by Gasteiger charge is 2.08. The number of hydrogen-bond donors (Lipinski definition) is 2. The second-order valence-corrected chi connectivity index (χ2v) is 4.97. The molecule has 0 fully saturated rings. The van der Waals surface area contributed by atoms with Gasteiger partial charge in [-0.15, -0.1) is 0 Å². The Kier molecular flexibility index (Phi) is 5.36. The van der Waals surface area contributed by atoms with Crippen molar-refractivity contribution in [2.24, 2.45) is 5.73 Å². The minimum Gasteiger partial charge on any atom is -0.352 e. The maximum atomic E-state index is 12.1. The van der Waals surface area contributed by atoms with Gasteiger partial charge in [0.05, 0.1) is 12.1 Å². The summed E-state index contributed by atoms with van der Waals surface area (Å²) in [7, 11) is 0. The van der Waals surface area contributed by atoms with Gasteiger partial charge in [0.15, 0.2) is 0 Å². The zero-order chi connectivity index (χ0) is 14.2. The molecule has 0 saturated carbocycles. The Balaban J connectivity index is 1.98. The minimum absolute atomic E-state index is 0.0952. The summed E-state index contributed by atoms with van der Waals surface area (Å²) in [5, 5.41) is 7.05. The predicted molar refractivity (Wildman–Crippen MR) is 82.7 cm³/mol. The van der Waals surface area contributed by atoms with Crippen molar-refractivity contribution in [3.63, 3.8) is 0 Å². The number of benzene rings is 1. The van der Waals surface area contributed by atoms with Gasteiger partial charge in [-0.3, -0.25) is 4.79 Å². The number of nitrogens with two attached hydrogens (primary N) is 1. The summed E-state index contributed by atoms with van der Waals surface area (Å²) in [6.45, 7) is 0.905. The number of nitrogens with one attached hydrogen (secondary N) is 1. The lowest BCUT2D eigenvalue weighted by molar-refractivity contribution is 0.0954. The normalized spacial score (nSPS) is 9.65. The van der Waals surface area contributed by atoms with Crippen LogP contribution in [-0.4, -0.2) is 19.0 Å². The summed E-state index contributed by atoms with van der Waals surface area (Å²) in [6.07, 6.45) is 0.839. The van der Waals surface area contributed by atoms with E-state index in [9.17, 15) is 4.79 Å². The predicted octanol–water partition coefficient (Wildman–Crippen LogP) is 2.03. The van der Waals surface area contributed by atoms with Crippen LogP contribution in [0.15, 0.2) is 41.1 Å². The highest BCUT2D eigenvalue weighted by molar-refractivity contribution is 7.07. The third-order valence-electron chi connectivity index (χ3n) is 2.78. The smallest absolute Gasteiger partial charge is 0.252 e. The first-order chi connectivity index (χ1) is 9.81. The zero-order valence-electron chi connectivity index (χ0n) is 11.1. The molecule has 0 spiro atoms. The summed E-state index contributed by atoms with van der Waals surface area (Å²) in [5.74, 6) is 5.61. The Morgan fingerprint density at radius 2 is 2.15 bits per heavy atom. The molecule has 0 bridgehead atoms. The molecule has 1 aromatic heterocycles. The van der Waals surface area contributed by atoms with E-state index in [4.69, 9.17) is 5.73 Å². The van der Waals surface area contributed by atoms with E-state index in [1.54, 1.807) is 17.4 Å². The lowest BCUT2D eigenvalue weighted by Crippen LogP contribution is -2.26. The number of rotatable bonds is 4. The van der Waals surface area contributed by atoms with Crippen molar-refractivity contribution in [1.82, 2.24) is 5.32 Å². The molecule has 0 aliphatic rings. The highest BCUT2D eigenvalue weighted by atomic mass is 32.1. The topological polar surface area (TPSA) is 55.1 Å². The molecule has 0 radical (unpaired) electrons. The molecule has 1 aromatic carbocycles. The monoisotopic (exact) mass is 284 g/mol. The first kappa shape index (κ1) is 14.3. The third kappa shape index (κ3) is 3.95. The van der Waals surface area contributed by atoms with Gasteiger partial charge in [0, 0.05) is 12.1 Å². The third-order valence-corrected chi connectivity index (χ3v) is 3.51. The van der Waals surface area contributed by atoms with E-state index in [2.05, 4.69) is 28.6 Å². The van der Waals surface area contributed by atoms with Crippen LogP contribution >= 0.6 is 11.3 Å². The lowest BCUT2D eigenvalue weighted by atomic mass is 10.1. The number of carbonyl (C=O) groups is 1. The van der Waals surface area contributed by atoms with Crippen molar-refractivity contribution in [2.75, 3.05) is 13.1 Å². The van der Waals surface area contributed by atoms with Crippen LogP contribution in [0.4, 0.5) is 0 Å². The van der Waals surface area contributed by atoms with Crippen LogP contribution in [0.25, 0.3) is 0 Å². The van der Waals surface area contributed by atoms with E-state index in [1.165, 1.54) is 5.56 Å². The van der Waals surface area contributed by atoms with Crippen molar-refractivity contribution in [3.05, 3.63) is 57.8 Å². The SMILES string of the molecule is NCC#Cc1ccccc1C(=O)NCCc1ccsc1. The molecule has 1 heterocycles. The molecule has 0 aliphatic heterocycles. The highest BCUT2D eigenvalue weighted by Crippen LogP contribution is 2.08. The Labute approximate surface area is 122 Å². The van der Waals surface area contributed by atoms with Gasteiger partial charge in [-0.05, 0) is 40.9 Å². The van der Waals surface area contributed by atoms with Gasteiger partial charge < -0.3 is 11.1 Å². The average molecular weight is 284 g/mol. The molecule has 0 aliphatic carbocycles. The van der Waals surface area contributed by atoms with Crippen molar-refractivity contribution < 1.29 is 4.79 Å². The van der Waals surface area contributed by atoms with Crippen molar-refractivity contribution in [1.29, 1.82) is 0 Å². The first-order valence-electron chi connectivity index (χ1n) is 6.38. The minimum atomic E-state index is -0.0952. The van der Waals surface area contributed by atoms with E-state index in [0.717, 1.165) is 6.42 Å². The number of carbonyl (C=O) groups excluding carboxylic acids is 1. The van der Waals surface area contributed by atoms with E-state index >= 15 is 0 Å². The fourth-order valence-corrected chi connectivity index (χ4v) is 2.49. The van der Waals surface area contributed by atoms with Crippen molar-refractivity contribution in [3.8, 4) is 11.8 Å². The fraction of sp³-hybridized carbons (Fsp3) is 0.188. The molecular weight excluding hydrogens is 268 g/mol. The maximum absolute atomic E-state index is 12.1. The fourth-order valence-electron chi connectivity index (χ4n) is 1.79. The Bertz CT molecular complexity index is 623. The van der Waals surface area contributed by atoms with Crippen molar-refractivity contribution >= 4 is 17.2 Å². The standard InChI is InChI=1S/C16H16N2OS/c17-9-3-5-14-4-1-2-6-15(14)16(19)18-10-7-13-8-11-20-12-13/h1-2,4,6,8,11-12H,7,9-10,17H2,(H,18,19). The van der Waals surface area contributed by atoms with Gasteiger partial charge in [0.1, 0.15) is 0 Å². The van der Waals surface area contributed by atoms with Gasteiger partial charge >= 0.3 is 0 Å². The summed E-state index contributed by atoms with van der Waals surface area (Å²) >= 11 is 1.66. The number of thiophene rings is 1. The molecule has 0 atom stereocenters. The van der Waals surface area contributed by atoms with Crippen LogP contribution in [-0.2, 0) is 6.42 Å². The Morgan fingerprint density at radius 3 is 2.90 bits per heavy atom. The quantitative estimate of drug-likeness (QED) is 0.844. The molecule has 1 amide bonds. The molecular formula is C16H16N2OS. The molecule has 4 heteroatoms. The summed E-state index contributed by atoms with van der Waals surface area (Å²) in [5.41, 5.74) is 7.92. The molecule has 2 rings (SSSR count). The van der Waals surface area contributed by atoms with E-state index in [-0.39, 0.29) is 12.5 Å². The number of hydrogen-bond acceptors (Lipinski definition) is 3.